The van der Waals surface area contributed by atoms with Crippen LogP contribution in [0.4, 0.5) is 22.7 Å². The third-order valence-corrected chi connectivity index (χ3v) is 9.99. The van der Waals surface area contributed by atoms with Gasteiger partial charge >= 0.3 is 0 Å². The summed E-state index contributed by atoms with van der Waals surface area (Å²) >= 11 is 0. The van der Waals surface area contributed by atoms with Crippen molar-refractivity contribution in [2.24, 2.45) is 0 Å². The lowest BCUT2D eigenvalue weighted by molar-refractivity contribution is 0.607. The first kappa shape index (κ1) is 33.6. The normalized spacial score (nSPS) is 11.5. The molecule has 2 heteroatoms. The van der Waals surface area contributed by atoms with Crippen molar-refractivity contribution in [1.29, 1.82) is 0 Å². The highest BCUT2D eigenvalue weighted by Crippen LogP contribution is 2.40. The minimum atomic E-state index is 1.13. The number of nitrogens with one attached hydrogen (secondary N) is 2. The fourth-order valence-corrected chi connectivity index (χ4v) is 7.20. The average Bonchev–Trinajstić information content (AvgIpc) is 3.13. The zero-order chi connectivity index (χ0) is 33.0. The average molecular weight is 635 g/mol. The van der Waals surface area contributed by atoms with Gasteiger partial charge in [0.25, 0.3) is 0 Å². The Hall–Kier alpha value is -4.30. The number of aryl methyl sites for hydroxylation is 2. The molecule has 0 fully saturated rings. The van der Waals surface area contributed by atoms with Gasteiger partial charge in [-0.15, -0.1) is 0 Å². The van der Waals surface area contributed by atoms with Gasteiger partial charge < -0.3 is 10.6 Å². The van der Waals surface area contributed by atoms with Gasteiger partial charge in [0, 0.05) is 33.5 Å². The predicted octanol–water partition coefficient (Wildman–Crippen LogP) is 14.4. The maximum atomic E-state index is 3.79. The van der Waals surface area contributed by atoms with Crippen molar-refractivity contribution in [3.8, 4) is 0 Å². The van der Waals surface area contributed by atoms with Crippen molar-refractivity contribution in [2.75, 3.05) is 10.6 Å². The molecule has 0 bridgehead atoms. The molecule has 0 aliphatic carbocycles. The molecule has 0 heterocycles. The first-order valence-corrected chi connectivity index (χ1v) is 18.8. The summed E-state index contributed by atoms with van der Waals surface area (Å²) in [6.07, 6.45) is 18.4. The van der Waals surface area contributed by atoms with Crippen LogP contribution in [-0.4, -0.2) is 0 Å². The van der Waals surface area contributed by atoms with Crippen LogP contribution in [0, 0.1) is 0 Å². The minimum absolute atomic E-state index is 1.13. The first-order valence-electron chi connectivity index (χ1n) is 18.8. The Kier molecular flexibility index (Phi) is 12.0. The van der Waals surface area contributed by atoms with Gasteiger partial charge in [-0.25, -0.2) is 0 Å². The van der Waals surface area contributed by atoms with Crippen molar-refractivity contribution in [3.63, 3.8) is 0 Å². The summed E-state index contributed by atoms with van der Waals surface area (Å²) in [6, 6.07) is 40.5. The highest BCUT2D eigenvalue weighted by atomic mass is 14.9. The molecule has 248 valence electrons. The van der Waals surface area contributed by atoms with E-state index in [-0.39, 0.29) is 0 Å². The predicted molar refractivity (Wildman–Crippen MR) is 213 cm³/mol. The largest absolute Gasteiger partial charge is 0.355 e. The molecule has 0 unspecified atom stereocenters. The number of hydrogen-bond acceptors (Lipinski definition) is 2. The van der Waals surface area contributed by atoms with Gasteiger partial charge in [-0.1, -0.05) is 151 Å². The lowest BCUT2D eigenvalue weighted by atomic mass is 9.94. The zero-order valence-corrected chi connectivity index (χ0v) is 29.3. The van der Waals surface area contributed by atoms with Crippen LogP contribution in [0.3, 0.4) is 0 Å². The molecular weight excluding hydrogens is 581 g/mol. The monoisotopic (exact) mass is 634 g/mol. The summed E-state index contributed by atoms with van der Waals surface area (Å²) in [5, 5.41) is 15.1. The number of rotatable bonds is 18. The summed E-state index contributed by atoms with van der Waals surface area (Å²) < 4.78 is 0. The summed E-state index contributed by atoms with van der Waals surface area (Å²) in [7, 11) is 0. The zero-order valence-electron chi connectivity index (χ0n) is 29.3. The minimum Gasteiger partial charge on any atom is -0.355 e. The summed E-state index contributed by atoms with van der Waals surface area (Å²) in [5.74, 6) is 0. The third-order valence-electron chi connectivity index (χ3n) is 9.99. The van der Waals surface area contributed by atoms with E-state index in [1.54, 1.807) is 0 Å². The smallest absolute Gasteiger partial charge is 0.0470 e. The number of benzene rings is 6. The van der Waals surface area contributed by atoms with Crippen LogP contribution in [-0.2, 0) is 12.8 Å². The number of unbranched alkanes of at least 4 members (excludes halogenated alkanes) is 10. The van der Waals surface area contributed by atoms with E-state index in [1.807, 2.05) is 0 Å². The van der Waals surface area contributed by atoms with E-state index in [2.05, 4.69) is 134 Å². The van der Waals surface area contributed by atoms with Crippen LogP contribution in [0.5, 0.6) is 0 Å². The molecule has 0 amide bonds. The van der Waals surface area contributed by atoms with Crippen LogP contribution >= 0.6 is 0 Å². The van der Waals surface area contributed by atoms with Crippen LogP contribution in [0.1, 0.15) is 102 Å². The van der Waals surface area contributed by atoms with Crippen LogP contribution in [0.25, 0.3) is 32.3 Å². The van der Waals surface area contributed by atoms with Gasteiger partial charge in [-0.05, 0) is 94.8 Å². The number of hydrogen-bond donors (Lipinski definition) is 2. The fraction of sp³-hybridized carbons (Fsp3) is 0.348. The molecule has 0 saturated heterocycles. The Labute approximate surface area is 289 Å². The Morgan fingerprint density at radius 3 is 1.10 bits per heavy atom. The molecule has 0 spiro atoms. The molecular formula is C46H54N2. The molecule has 6 aromatic carbocycles. The van der Waals surface area contributed by atoms with Crippen molar-refractivity contribution >= 4 is 55.1 Å². The van der Waals surface area contributed by atoms with Crippen LogP contribution in [0.15, 0.2) is 109 Å². The second kappa shape index (κ2) is 17.2. The molecule has 0 aliphatic heterocycles. The number of anilines is 4. The maximum absolute atomic E-state index is 3.79. The van der Waals surface area contributed by atoms with Gasteiger partial charge in [-0.3, -0.25) is 0 Å². The first-order chi connectivity index (χ1) is 23.7. The Morgan fingerprint density at radius 1 is 0.354 bits per heavy atom. The fourth-order valence-electron chi connectivity index (χ4n) is 7.20. The van der Waals surface area contributed by atoms with Gasteiger partial charge in [0.2, 0.25) is 0 Å². The number of fused-ring (bicyclic) bond motifs is 5. The van der Waals surface area contributed by atoms with Crippen molar-refractivity contribution in [2.45, 2.75) is 104 Å². The van der Waals surface area contributed by atoms with E-state index in [1.165, 1.54) is 120 Å². The van der Waals surface area contributed by atoms with E-state index in [0.717, 1.165) is 35.6 Å². The van der Waals surface area contributed by atoms with Gasteiger partial charge in [0.05, 0.1) is 0 Å². The second-order valence-corrected chi connectivity index (χ2v) is 13.7. The molecule has 6 aromatic rings. The van der Waals surface area contributed by atoms with E-state index in [0.29, 0.717) is 0 Å². The van der Waals surface area contributed by atoms with Crippen molar-refractivity contribution in [3.05, 3.63) is 120 Å². The van der Waals surface area contributed by atoms with Gasteiger partial charge in [0.1, 0.15) is 0 Å². The Morgan fingerprint density at radius 2 is 0.708 bits per heavy atom. The molecule has 48 heavy (non-hydrogen) atoms. The standard InChI is InChI=1S/C46H54N2/c1-3-5-7-9-11-13-19-35-25-29-37(30-26-35)47-45-33-43-40-22-16-18-24-42(40)46(34-44(43)39-21-15-17-23-41(39)45)48-38-31-27-36(28-32-38)20-14-12-10-8-6-4-2/h15-18,21-34,47-48H,3-14,19-20H2,1-2H3. The van der Waals surface area contributed by atoms with Crippen molar-refractivity contribution in [1.82, 2.24) is 0 Å². The molecule has 0 radical (unpaired) electrons. The Balaban J connectivity index is 1.22. The summed E-state index contributed by atoms with van der Waals surface area (Å²) in [5.41, 5.74) is 7.42. The highest BCUT2D eigenvalue weighted by Gasteiger charge is 2.13. The molecule has 0 atom stereocenters. The highest BCUT2D eigenvalue weighted by molar-refractivity contribution is 6.23. The topological polar surface area (TPSA) is 24.1 Å². The maximum Gasteiger partial charge on any atom is 0.0470 e. The second-order valence-electron chi connectivity index (χ2n) is 13.7. The van der Waals surface area contributed by atoms with E-state index in [9.17, 15) is 0 Å². The van der Waals surface area contributed by atoms with Crippen molar-refractivity contribution < 1.29 is 0 Å². The van der Waals surface area contributed by atoms with E-state index in [4.69, 9.17) is 0 Å². The lowest BCUT2D eigenvalue weighted by Gasteiger charge is -2.17. The molecule has 2 nitrogen and oxygen atoms in total. The molecule has 6 rings (SSSR count). The molecule has 0 aromatic heterocycles. The van der Waals surface area contributed by atoms with Gasteiger partial charge in [-0.2, -0.15) is 0 Å². The van der Waals surface area contributed by atoms with E-state index < -0.39 is 0 Å². The lowest BCUT2D eigenvalue weighted by Crippen LogP contribution is -1.96. The SMILES string of the molecule is CCCCCCCCc1ccc(Nc2cc3c4ccccc4c(Nc4ccc(CCCCCCCC)cc4)cc3c3ccccc23)cc1. The summed E-state index contributed by atoms with van der Waals surface area (Å²) in [4.78, 5) is 0. The van der Waals surface area contributed by atoms with E-state index >= 15 is 0 Å². The molecule has 0 aliphatic rings. The summed E-state index contributed by atoms with van der Waals surface area (Å²) in [6.45, 7) is 4.56. The molecule has 0 saturated carbocycles. The third kappa shape index (κ3) is 8.58. The van der Waals surface area contributed by atoms with Crippen LogP contribution in [0.2, 0.25) is 0 Å². The molecule has 2 N–H and O–H groups in total. The quantitative estimate of drug-likeness (QED) is 0.0726. The van der Waals surface area contributed by atoms with Crippen LogP contribution < -0.4 is 10.6 Å². The van der Waals surface area contributed by atoms with Gasteiger partial charge in [0.15, 0.2) is 0 Å². The Bertz CT molecular complexity index is 1740.